The molecule has 0 saturated carbocycles. The van der Waals surface area contributed by atoms with Gasteiger partial charge in [-0.1, -0.05) is 30.3 Å². The number of nitrogens with one attached hydrogen (secondary N) is 1. The molecule has 12 nitrogen and oxygen atoms in total. The molecule has 2 aromatic rings. The van der Waals surface area contributed by atoms with Gasteiger partial charge < -0.3 is 39.1 Å². The van der Waals surface area contributed by atoms with Gasteiger partial charge in [-0.3, -0.25) is 24.2 Å². The van der Waals surface area contributed by atoms with Crippen LogP contribution in [0, 0.1) is 25.7 Å². The Labute approximate surface area is 280 Å². The standard InChI is InChI=1S/C34H51N7O5/c1-21-15-26(42)16-22(2)27(21)18-25(20-30(43)28(36)11-8-14-40-34(38)39)33(46)41-29(12-6-7-13-35)31(44)19-24(32(37)45)17-23-9-4-3-5-10-23/h3-5,9-10,15-16,24-25,28-29,42H,6-8,11-14,17-20,35-36H2,1-2H3,(H2,37,45)(H,41,46)(H4,38,39,40)/t24-,25-,28-,29+/m1/s1/i6D2,7D2,24D,29D. The molecule has 2 amide bonds. The average molecular weight is 644 g/mol. The van der Waals surface area contributed by atoms with Gasteiger partial charge in [-0.2, -0.15) is 0 Å². The summed E-state index contributed by atoms with van der Waals surface area (Å²) in [6.07, 6.45) is -8.53. The first kappa shape index (κ1) is 29.1. The van der Waals surface area contributed by atoms with Gasteiger partial charge in [0, 0.05) is 38.1 Å². The lowest BCUT2D eigenvalue weighted by Crippen LogP contribution is -2.46. The highest BCUT2D eigenvalue weighted by Gasteiger charge is 2.31. The Hall–Kier alpha value is -4.29. The van der Waals surface area contributed by atoms with E-state index in [-0.39, 0.29) is 37.5 Å². The van der Waals surface area contributed by atoms with Crippen LogP contribution in [0.2, 0.25) is 0 Å². The number of hydrogen-bond acceptors (Lipinski definition) is 8. The Kier molecular flexibility index (Phi) is 12.2. The summed E-state index contributed by atoms with van der Waals surface area (Å²) in [7, 11) is 0. The van der Waals surface area contributed by atoms with E-state index in [1.165, 1.54) is 12.1 Å². The molecule has 4 atom stereocenters. The molecule has 0 aromatic heterocycles. The maximum absolute atomic E-state index is 14.2. The van der Waals surface area contributed by atoms with Gasteiger partial charge in [0.25, 0.3) is 0 Å². The summed E-state index contributed by atoms with van der Waals surface area (Å²) in [5.74, 6) is -7.89. The van der Waals surface area contributed by atoms with Crippen LogP contribution in [0.15, 0.2) is 47.5 Å². The number of phenols is 1. The van der Waals surface area contributed by atoms with Gasteiger partial charge in [0.05, 0.1) is 13.4 Å². The molecule has 0 saturated heterocycles. The molecule has 0 radical (unpaired) electrons. The van der Waals surface area contributed by atoms with Crippen molar-refractivity contribution in [1.29, 1.82) is 0 Å². The van der Waals surface area contributed by atoms with Crippen molar-refractivity contribution in [2.24, 2.45) is 45.5 Å². The first-order valence-corrected chi connectivity index (χ1v) is 15.0. The number of ketones is 2. The number of primary amides is 1. The number of benzene rings is 2. The molecule has 12 heteroatoms. The number of carbonyl (C=O) groups is 4. The lowest BCUT2D eigenvalue weighted by atomic mass is 9.86. The van der Waals surface area contributed by atoms with Crippen molar-refractivity contribution in [1.82, 2.24) is 5.32 Å². The predicted octanol–water partition coefficient (Wildman–Crippen LogP) is 1.43. The molecule has 252 valence electrons. The van der Waals surface area contributed by atoms with E-state index < -0.39 is 85.8 Å². The van der Waals surface area contributed by atoms with Crippen molar-refractivity contribution in [3.8, 4) is 5.75 Å². The quantitative estimate of drug-likeness (QED) is 0.0590. The smallest absolute Gasteiger partial charge is 0.224 e. The van der Waals surface area contributed by atoms with Gasteiger partial charge in [-0.05, 0) is 99.6 Å². The molecule has 0 aliphatic heterocycles. The van der Waals surface area contributed by atoms with Gasteiger partial charge in [0.2, 0.25) is 11.8 Å². The predicted molar refractivity (Wildman–Crippen MR) is 180 cm³/mol. The molecule has 12 N–H and O–H groups in total. The zero-order chi connectivity index (χ0) is 39.7. The molecule has 46 heavy (non-hydrogen) atoms. The van der Waals surface area contributed by atoms with Gasteiger partial charge in [-0.15, -0.1) is 0 Å². The number of Topliss-reactive ketones (excluding diaryl/α,β-unsaturated/α-hetero) is 2. The number of carbonyl (C=O) groups excluding carboxylic acids is 4. The number of guanidine groups is 1. The molecule has 0 aliphatic carbocycles. The van der Waals surface area contributed by atoms with Crippen LogP contribution < -0.4 is 34.0 Å². The van der Waals surface area contributed by atoms with Crippen molar-refractivity contribution >= 4 is 29.3 Å². The third-order valence-corrected chi connectivity index (χ3v) is 7.42. The van der Waals surface area contributed by atoms with Crippen LogP contribution >= 0.6 is 0 Å². The highest BCUT2D eigenvalue weighted by Crippen LogP contribution is 2.26. The van der Waals surface area contributed by atoms with Crippen LogP contribution in [0.4, 0.5) is 0 Å². The Morgan fingerprint density at radius 2 is 1.61 bits per heavy atom. The largest absolute Gasteiger partial charge is 0.508 e. The van der Waals surface area contributed by atoms with Crippen LogP contribution in [-0.2, 0) is 32.0 Å². The molecular formula is C34H51N7O5. The van der Waals surface area contributed by atoms with E-state index in [1.54, 1.807) is 44.2 Å². The topological polar surface area (TPSA) is 243 Å². The first-order chi connectivity index (χ1) is 24.0. The monoisotopic (exact) mass is 643 g/mol. The number of nitrogens with zero attached hydrogens (tertiary/aromatic N) is 1. The maximum Gasteiger partial charge on any atom is 0.224 e. The number of rotatable bonds is 21. The Balaban J connectivity index is 2.59. The van der Waals surface area contributed by atoms with Crippen molar-refractivity contribution in [3.05, 3.63) is 64.7 Å². The molecule has 0 aliphatic rings. The van der Waals surface area contributed by atoms with E-state index in [4.69, 9.17) is 35.5 Å². The number of phenolic OH excluding ortho intramolecular Hbond substituents is 1. The number of aromatic hydroxyl groups is 1. The van der Waals surface area contributed by atoms with Crippen LogP contribution in [-0.4, -0.2) is 59.6 Å². The van der Waals surface area contributed by atoms with Crippen molar-refractivity contribution in [2.45, 2.75) is 83.6 Å². The number of hydrogen-bond donors (Lipinski definition) is 7. The minimum absolute atomic E-state index is 0.0327. The van der Waals surface area contributed by atoms with Crippen molar-refractivity contribution < 1.29 is 32.5 Å². The van der Waals surface area contributed by atoms with Crippen molar-refractivity contribution in [3.63, 3.8) is 0 Å². The van der Waals surface area contributed by atoms with Crippen LogP contribution in [0.25, 0.3) is 0 Å². The minimum atomic E-state index is -2.99. The molecule has 0 spiro atoms. The fourth-order valence-corrected chi connectivity index (χ4v) is 4.94. The van der Waals surface area contributed by atoms with Crippen molar-refractivity contribution in [2.75, 3.05) is 13.1 Å². The maximum atomic E-state index is 14.2. The summed E-state index contributed by atoms with van der Waals surface area (Å²) in [5, 5.41) is 12.3. The molecule has 0 unspecified atom stereocenters. The molecule has 0 bridgehead atoms. The van der Waals surface area contributed by atoms with E-state index in [9.17, 15) is 25.7 Å². The summed E-state index contributed by atoms with van der Waals surface area (Å²) >= 11 is 0. The van der Waals surface area contributed by atoms with Gasteiger partial charge >= 0.3 is 0 Å². The number of amides is 2. The zero-order valence-corrected chi connectivity index (χ0v) is 26.5. The van der Waals surface area contributed by atoms with Crippen LogP contribution in [0.5, 0.6) is 5.75 Å². The second-order valence-corrected chi connectivity index (χ2v) is 11.1. The fraction of sp³-hybridized carbons (Fsp3) is 0.500. The van der Waals surface area contributed by atoms with E-state index in [2.05, 4.69) is 10.3 Å². The molecule has 0 heterocycles. The van der Waals surface area contributed by atoms with E-state index in [0.29, 0.717) is 28.7 Å². The summed E-state index contributed by atoms with van der Waals surface area (Å²) in [4.78, 5) is 58.1. The van der Waals surface area contributed by atoms with E-state index in [1.807, 2.05) is 0 Å². The van der Waals surface area contributed by atoms with Crippen LogP contribution in [0.3, 0.4) is 0 Å². The summed E-state index contributed by atoms with van der Waals surface area (Å²) < 4.78 is 51.4. The van der Waals surface area contributed by atoms with Gasteiger partial charge in [-0.25, -0.2) is 0 Å². The highest BCUT2D eigenvalue weighted by atomic mass is 16.3. The van der Waals surface area contributed by atoms with Crippen LogP contribution in [0.1, 0.15) is 75.3 Å². The number of nitrogens with two attached hydrogens (primary N) is 5. The first-order valence-electron chi connectivity index (χ1n) is 18.0. The van der Waals surface area contributed by atoms with E-state index in [0.717, 1.165) is 0 Å². The minimum Gasteiger partial charge on any atom is -0.508 e. The number of aryl methyl sites for hydroxylation is 2. The second kappa shape index (κ2) is 19.3. The Bertz CT molecular complexity index is 1600. The van der Waals surface area contributed by atoms with Gasteiger partial charge in [0.15, 0.2) is 11.7 Å². The fourth-order valence-electron chi connectivity index (χ4n) is 4.94. The summed E-state index contributed by atoms with van der Waals surface area (Å²) in [5.41, 5.74) is 30.1. The third-order valence-electron chi connectivity index (χ3n) is 7.42. The normalized spacial score (nSPS) is 17.6. The molecular weight excluding hydrogens is 586 g/mol. The lowest BCUT2D eigenvalue weighted by Gasteiger charge is -2.25. The Morgan fingerprint density at radius 3 is 2.20 bits per heavy atom. The third kappa shape index (κ3) is 13.0. The lowest BCUT2D eigenvalue weighted by molar-refractivity contribution is -0.133. The van der Waals surface area contributed by atoms with E-state index >= 15 is 0 Å². The zero-order valence-electron chi connectivity index (χ0n) is 32.5. The highest BCUT2D eigenvalue weighted by molar-refractivity contribution is 5.94. The number of aliphatic imine (C=N–C) groups is 1. The molecule has 2 aromatic carbocycles. The SMILES string of the molecule is [2H]C([2H])(CN)C([2H])([2H])C[C@]([2H])(NC(=O)[C@@H](CC(=O)[C@H](N)CCCN=C(N)N)Cc1c(C)cc(O)cc1C)C(=O)C[C@@]([2H])(Cc1ccccc1)C(N)=O. The molecule has 0 fully saturated rings. The average Bonchev–Trinajstić information content (AvgIpc) is 3.03. The summed E-state index contributed by atoms with van der Waals surface area (Å²) in [6, 6.07) is 7.09. The second-order valence-electron chi connectivity index (χ2n) is 11.1. The molecule has 2 rings (SSSR count). The summed E-state index contributed by atoms with van der Waals surface area (Å²) in [6.45, 7) is 2.72. The van der Waals surface area contributed by atoms with Gasteiger partial charge in [0.1, 0.15) is 11.5 Å². The Morgan fingerprint density at radius 1 is 0.957 bits per heavy atom.